The van der Waals surface area contributed by atoms with Gasteiger partial charge in [0.2, 0.25) is 0 Å². The average molecular weight is 257 g/mol. The molecule has 5 nitrogen and oxygen atoms in total. The van der Waals surface area contributed by atoms with Crippen molar-refractivity contribution in [3.05, 3.63) is 0 Å². The van der Waals surface area contributed by atoms with E-state index in [1.165, 1.54) is 6.92 Å². The van der Waals surface area contributed by atoms with Crippen LogP contribution in [-0.4, -0.2) is 49.7 Å². The summed E-state index contributed by atoms with van der Waals surface area (Å²) in [5.74, 6) is -2.31. The quantitative estimate of drug-likeness (QED) is 0.579. The van der Waals surface area contributed by atoms with Crippen molar-refractivity contribution in [3.8, 4) is 0 Å². The van der Waals surface area contributed by atoms with Gasteiger partial charge in [-0.2, -0.15) is 0 Å². The second-order valence-electron chi connectivity index (χ2n) is 3.23. The van der Waals surface area contributed by atoms with Crippen LogP contribution in [0.3, 0.4) is 0 Å². The molecular weight excluding hydrogens is 244 g/mol. The fraction of sp³-hybridized carbons (Fsp3) is 0.750. The first-order valence-electron chi connectivity index (χ1n) is 4.15. The molecule has 2 atom stereocenters. The van der Waals surface area contributed by atoms with Crippen LogP contribution < -0.4 is 0 Å². The smallest absolute Gasteiger partial charge is 0.320 e. The normalized spacial score (nSPS) is 16.7. The third-order valence-corrected chi connectivity index (χ3v) is 3.58. The summed E-state index contributed by atoms with van der Waals surface area (Å²) >= 11 is 6.22. The van der Waals surface area contributed by atoms with Gasteiger partial charge >= 0.3 is 11.9 Å². The third kappa shape index (κ3) is 5.25. The Morgan fingerprint density at radius 1 is 1.47 bits per heavy atom. The Kier molecular flexibility index (Phi) is 6.00. The zero-order chi connectivity index (χ0) is 12.1. The van der Waals surface area contributed by atoms with E-state index in [0.29, 0.717) is 0 Å². The van der Waals surface area contributed by atoms with Crippen molar-refractivity contribution in [1.82, 2.24) is 0 Å². The molecule has 15 heavy (non-hydrogen) atoms. The molecule has 0 aliphatic heterocycles. The van der Waals surface area contributed by atoms with Crippen LogP contribution in [0.4, 0.5) is 0 Å². The number of carbonyl (C=O) groups is 2. The van der Waals surface area contributed by atoms with Crippen molar-refractivity contribution < 1.29 is 24.9 Å². The van der Waals surface area contributed by atoms with Gasteiger partial charge in [-0.25, -0.2) is 0 Å². The van der Waals surface area contributed by atoms with Gasteiger partial charge in [-0.3, -0.25) is 9.59 Å². The molecule has 0 rings (SSSR count). The van der Waals surface area contributed by atoms with Gasteiger partial charge < -0.3 is 15.3 Å². The van der Waals surface area contributed by atoms with Crippen LogP contribution in [0.5, 0.6) is 0 Å². The lowest BCUT2D eigenvalue weighted by Crippen LogP contribution is -2.35. The maximum atomic E-state index is 10.9. The van der Waals surface area contributed by atoms with Gasteiger partial charge in [0.15, 0.2) is 0 Å². The van der Waals surface area contributed by atoms with Gasteiger partial charge in [0.05, 0.1) is 12.5 Å². The number of carboxylic acids is 2. The van der Waals surface area contributed by atoms with E-state index in [9.17, 15) is 9.59 Å². The lowest BCUT2D eigenvalue weighted by Gasteiger charge is -2.23. The summed E-state index contributed by atoms with van der Waals surface area (Å²) < 4.78 is -1.43. The molecule has 0 saturated carbocycles. The molecule has 0 amide bonds. The molecule has 0 aromatic heterocycles. The monoisotopic (exact) mass is 256 g/mol. The Hall–Kier alpha value is -0.460. The van der Waals surface area contributed by atoms with Crippen LogP contribution in [0.2, 0.25) is 0 Å². The summed E-state index contributed by atoms with van der Waals surface area (Å²) in [5.41, 5.74) is 0. The molecule has 0 saturated heterocycles. The molecular formula is C8H13ClO5S. The Morgan fingerprint density at radius 3 is 2.33 bits per heavy atom. The second kappa shape index (κ2) is 6.19. The maximum absolute atomic E-state index is 10.9. The number of rotatable bonds is 7. The number of hydrogen-bond donors (Lipinski definition) is 3. The zero-order valence-electron chi connectivity index (χ0n) is 8.14. The van der Waals surface area contributed by atoms with Gasteiger partial charge in [-0.05, 0) is 6.92 Å². The highest BCUT2D eigenvalue weighted by atomic mass is 35.5. The van der Waals surface area contributed by atoms with Gasteiger partial charge in [-0.15, -0.1) is 23.4 Å². The van der Waals surface area contributed by atoms with Crippen molar-refractivity contribution in [2.24, 2.45) is 0 Å². The van der Waals surface area contributed by atoms with Crippen LogP contribution in [0.1, 0.15) is 13.3 Å². The van der Waals surface area contributed by atoms with Crippen molar-refractivity contribution in [2.45, 2.75) is 24.2 Å². The lowest BCUT2D eigenvalue weighted by atomic mass is 10.1. The Bertz CT molecular complexity index is 247. The first kappa shape index (κ1) is 14.5. The fourth-order valence-corrected chi connectivity index (χ4v) is 2.07. The minimum Gasteiger partial charge on any atom is -0.481 e. The Morgan fingerprint density at radius 2 is 2.00 bits per heavy atom. The Balaban J connectivity index is 4.38. The largest absolute Gasteiger partial charge is 0.481 e. The molecule has 0 aromatic carbocycles. The molecule has 2 unspecified atom stereocenters. The summed E-state index contributed by atoms with van der Waals surface area (Å²) in [6.07, 6.45) is -1.33. The number of halogens is 1. The van der Waals surface area contributed by atoms with E-state index in [-0.39, 0.29) is 11.6 Å². The summed E-state index contributed by atoms with van der Waals surface area (Å²) in [5, 5.41) is 26.6. The molecule has 0 aliphatic carbocycles. The van der Waals surface area contributed by atoms with Crippen molar-refractivity contribution in [2.75, 3.05) is 11.6 Å². The number of aliphatic carboxylic acids is 2. The van der Waals surface area contributed by atoms with Crippen molar-refractivity contribution >= 4 is 35.3 Å². The van der Waals surface area contributed by atoms with E-state index in [1.54, 1.807) is 0 Å². The molecule has 0 heterocycles. The standard InChI is InChI=1S/C8H13ClO5S/c1-8(7(13)14,2-6(11)12)15-4-5(10)3-9/h5,10H,2-4H2,1H3,(H,11,12)(H,13,14). The van der Waals surface area contributed by atoms with Crippen LogP contribution >= 0.6 is 23.4 Å². The summed E-state index contributed by atoms with van der Waals surface area (Å²) in [7, 11) is 0. The van der Waals surface area contributed by atoms with E-state index in [4.69, 9.17) is 26.9 Å². The molecule has 3 N–H and O–H groups in total. The molecule has 0 fully saturated rings. The molecule has 0 radical (unpaired) electrons. The van der Waals surface area contributed by atoms with E-state index in [0.717, 1.165) is 11.8 Å². The van der Waals surface area contributed by atoms with E-state index in [1.807, 2.05) is 0 Å². The van der Waals surface area contributed by atoms with Crippen LogP contribution in [-0.2, 0) is 9.59 Å². The summed E-state index contributed by atoms with van der Waals surface area (Å²) in [6.45, 7) is 1.31. The summed E-state index contributed by atoms with van der Waals surface area (Å²) in [4.78, 5) is 21.3. The molecule has 0 spiro atoms. The first-order valence-corrected chi connectivity index (χ1v) is 5.67. The van der Waals surface area contributed by atoms with Gasteiger partial charge in [-0.1, -0.05) is 0 Å². The number of carboxylic acid groups (broad SMARTS) is 2. The van der Waals surface area contributed by atoms with E-state index in [2.05, 4.69) is 0 Å². The fourth-order valence-electron chi connectivity index (χ4n) is 0.802. The predicted octanol–water partition coefficient (Wildman–Crippen LogP) is 0.637. The molecule has 0 aromatic rings. The van der Waals surface area contributed by atoms with Crippen molar-refractivity contribution in [3.63, 3.8) is 0 Å². The number of aliphatic hydroxyl groups is 1. The maximum Gasteiger partial charge on any atom is 0.320 e. The second-order valence-corrected chi connectivity index (χ2v) is 5.06. The average Bonchev–Trinajstić information content (AvgIpc) is 2.12. The van der Waals surface area contributed by atoms with E-state index >= 15 is 0 Å². The highest BCUT2D eigenvalue weighted by molar-refractivity contribution is 8.01. The number of thioether (sulfide) groups is 1. The molecule has 0 aliphatic rings. The van der Waals surface area contributed by atoms with Gasteiger partial charge in [0.25, 0.3) is 0 Å². The third-order valence-electron chi connectivity index (χ3n) is 1.71. The number of hydrogen-bond acceptors (Lipinski definition) is 4. The van der Waals surface area contributed by atoms with Crippen LogP contribution in [0.15, 0.2) is 0 Å². The lowest BCUT2D eigenvalue weighted by molar-refractivity contribution is -0.145. The first-order chi connectivity index (χ1) is 6.81. The van der Waals surface area contributed by atoms with Crippen molar-refractivity contribution in [1.29, 1.82) is 0 Å². The Labute approximate surface area is 96.4 Å². The molecule has 0 bridgehead atoms. The highest BCUT2D eigenvalue weighted by Gasteiger charge is 2.36. The molecule has 88 valence electrons. The highest BCUT2D eigenvalue weighted by Crippen LogP contribution is 2.29. The minimum atomic E-state index is -1.43. The molecule has 7 heteroatoms. The topological polar surface area (TPSA) is 94.8 Å². The number of aliphatic hydroxyl groups excluding tert-OH is 1. The summed E-state index contributed by atoms with van der Waals surface area (Å²) in [6, 6.07) is 0. The van der Waals surface area contributed by atoms with E-state index < -0.39 is 29.2 Å². The van der Waals surface area contributed by atoms with Gasteiger partial charge in [0, 0.05) is 11.6 Å². The van der Waals surface area contributed by atoms with Gasteiger partial charge in [0.1, 0.15) is 4.75 Å². The van der Waals surface area contributed by atoms with Crippen LogP contribution in [0, 0.1) is 0 Å². The van der Waals surface area contributed by atoms with Crippen LogP contribution in [0.25, 0.3) is 0 Å². The minimum absolute atomic E-state index is 0.00420. The SMILES string of the molecule is CC(CC(=O)O)(SCC(O)CCl)C(=O)O. The predicted molar refractivity (Wildman–Crippen MR) is 57.5 cm³/mol. The number of alkyl halides is 1. The zero-order valence-corrected chi connectivity index (χ0v) is 9.72.